The summed E-state index contributed by atoms with van der Waals surface area (Å²) in [6.07, 6.45) is -7.66. The molecular formula is C28H27F6NO2. The van der Waals surface area contributed by atoms with E-state index in [4.69, 9.17) is 0 Å². The molecule has 0 aromatic heterocycles. The Morgan fingerprint density at radius 1 is 1.03 bits per heavy atom. The summed E-state index contributed by atoms with van der Waals surface area (Å²) in [5.74, 6) is 4.92. The Morgan fingerprint density at radius 3 is 2.05 bits per heavy atom. The zero-order valence-electron chi connectivity index (χ0n) is 20.2. The lowest BCUT2D eigenvalue weighted by Crippen LogP contribution is -2.45. The molecule has 2 aromatic rings. The molecule has 198 valence electrons. The van der Waals surface area contributed by atoms with Crippen molar-refractivity contribution in [3.8, 4) is 11.8 Å². The van der Waals surface area contributed by atoms with E-state index in [-0.39, 0.29) is 18.4 Å². The number of carboxylic acid groups (broad SMARTS) is 1. The third-order valence-corrected chi connectivity index (χ3v) is 6.39. The van der Waals surface area contributed by atoms with Crippen molar-refractivity contribution in [3.63, 3.8) is 0 Å². The van der Waals surface area contributed by atoms with E-state index in [0.29, 0.717) is 42.5 Å². The summed E-state index contributed by atoms with van der Waals surface area (Å²) >= 11 is 0. The molecule has 0 saturated carbocycles. The number of halogens is 6. The quantitative estimate of drug-likeness (QED) is 0.323. The molecule has 3 atom stereocenters. The normalized spacial score (nSPS) is 19.5. The van der Waals surface area contributed by atoms with E-state index in [2.05, 4.69) is 18.4 Å². The van der Waals surface area contributed by atoms with Crippen molar-refractivity contribution in [1.29, 1.82) is 0 Å². The molecule has 0 spiro atoms. The Kier molecular flexibility index (Phi) is 8.75. The third kappa shape index (κ3) is 7.86. The Balaban J connectivity index is 1.96. The Labute approximate surface area is 211 Å². The summed E-state index contributed by atoms with van der Waals surface area (Å²) in [7, 11) is 0. The summed E-state index contributed by atoms with van der Waals surface area (Å²) < 4.78 is 78.3. The maximum absolute atomic E-state index is 13.1. The molecule has 3 rings (SSSR count). The standard InChI is InChI=1S/C28H27F6NO2/c1-18(2)3-12-25(21-6-10-23(11-7-21)28(32,33)34)35-14-13-20(17-26(36)37)16-24(35)15-19-4-8-22(9-5-19)27(29,30)31/h4-11,20,24-25H,1,13-17H2,2H3,(H,36,37)/t20-,24-,25?/m0/s1. The van der Waals surface area contributed by atoms with Gasteiger partial charge in [0.05, 0.1) is 17.2 Å². The van der Waals surface area contributed by atoms with Crippen molar-refractivity contribution < 1.29 is 36.2 Å². The number of carboxylic acids is 1. The van der Waals surface area contributed by atoms with Gasteiger partial charge in [-0.25, -0.2) is 0 Å². The van der Waals surface area contributed by atoms with Crippen LogP contribution in [0, 0.1) is 17.8 Å². The van der Waals surface area contributed by atoms with Crippen LogP contribution in [0.25, 0.3) is 0 Å². The molecule has 1 heterocycles. The first-order valence-corrected chi connectivity index (χ1v) is 11.7. The van der Waals surface area contributed by atoms with Crippen LogP contribution in [0.5, 0.6) is 0 Å². The van der Waals surface area contributed by atoms with E-state index >= 15 is 0 Å². The van der Waals surface area contributed by atoms with Gasteiger partial charge in [0.1, 0.15) is 0 Å². The molecule has 1 N–H and O–H groups in total. The molecule has 0 radical (unpaired) electrons. The van der Waals surface area contributed by atoms with E-state index < -0.39 is 35.5 Å². The molecule has 1 aliphatic rings. The van der Waals surface area contributed by atoms with Crippen molar-refractivity contribution in [2.75, 3.05) is 6.54 Å². The number of hydrogen-bond donors (Lipinski definition) is 1. The predicted octanol–water partition coefficient (Wildman–Crippen LogP) is 7.14. The highest BCUT2D eigenvalue weighted by Crippen LogP contribution is 2.36. The van der Waals surface area contributed by atoms with Crippen molar-refractivity contribution in [2.24, 2.45) is 5.92 Å². The van der Waals surface area contributed by atoms with Crippen molar-refractivity contribution in [1.82, 2.24) is 4.90 Å². The maximum atomic E-state index is 13.1. The second-order valence-corrected chi connectivity index (χ2v) is 9.35. The predicted molar refractivity (Wildman–Crippen MR) is 127 cm³/mol. The van der Waals surface area contributed by atoms with Gasteiger partial charge in [-0.3, -0.25) is 9.69 Å². The Bertz CT molecular complexity index is 1160. The number of carbonyl (C=O) groups is 1. The Morgan fingerprint density at radius 2 is 1.57 bits per heavy atom. The number of likely N-dealkylation sites (tertiary alicyclic amines) is 1. The minimum atomic E-state index is -4.49. The molecule has 1 fully saturated rings. The topological polar surface area (TPSA) is 40.5 Å². The average molecular weight is 524 g/mol. The summed E-state index contributed by atoms with van der Waals surface area (Å²) in [6.45, 7) is 5.91. The number of allylic oxidation sites excluding steroid dienone is 1. The number of hydrogen-bond acceptors (Lipinski definition) is 2. The number of alkyl halides is 6. The van der Waals surface area contributed by atoms with E-state index in [1.54, 1.807) is 6.92 Å². The number of rotatable bonds is 6. The van der Waals surface area contributed by atoms with E-state index in [1.807, 2.05) is 4.90 Å². The number of aliphatic carboxylic acids is 1. The monoisotopic (exact) mass is 523 g/mol. The SMILES string of the molecule is C=C(C)C#CC(c1ccc(C(F)(F)F)cc1)N1CC[C@H](CC(=O)O)C[C@@H]1Cc1ccc(C(F)(F)F)cc1. The van der Waals surface area contributed by atoms with Gasteiger partial charge in [0, 0.05) is 19.0 Å². The smallest absolute Gasteiger partial charge is 0.416 e. The molecule has 2 aromatic carbocycles. The first kappa shape index (κ1) is 28.3. The van der Waals surface area contributed by atoms with Gasteiger partial charge in [-0.15, -0.1) is 0 Å². The minimum absolute atomic E-state index is 0.0419. The zero-order valence-corrected chi connectivity index (χ0v) is 20.2. The molecule has 37 heavy (non-hydrogen) atoms. The summed E-state index contributed by atoms with van der Waals surface area (Å²) in [5, 5.41) is 9.29. The number of nitrogens with zero attached hydrogens (tertiary/aromatic N) is 1. The fourth-order valence-electron chi connectivity index (χ4n) is 4.63. The van der Waals surface area contributed by atoms with Gasteiger partial charge in [0.15, 0.2) is 0 Å². The minimum Gasteiger partial charge on any atom is -0.481 e. The van der Waals surface area contributed by atoms with Gasteiger partial charge in [-0.1, -0.05) is 42.7 Å². The van der Waals surface area contributed by atoms with E-state index in [9.17, 15) is 36.2 Å². The van der Waals surface area contributed by atoms with Gasteiger partial charge < -0.3 is 5.11 Å². The molecule has 0 bridgehead atoms. The number of benzene rings is 2. The van der Waals surface area contributed by atoms with Crippen LogP contribution in [0.2, 0.25) is 0 Å². The second kappa shape index (κ2) is 11.4. The maximum Gasteiger partial charge on any atom is 0.416 e. The van der Waals surface area contributed by atoms with Crippen LogP contribution < -0.4 is 0 Å². The summed E-state index contributed by atoms with van der Waals surface area (Å²) in [5.41, 5.74) is 0.186. The fourth-order valence-corrected chi connectivity index (χ4v) is 4.63. The molecule has 0 amide bonds. The van der Waals surface area contributed by atoms with Crippen LogP contribution in [0.15, 0.2) is 60.7 Å². The lowest BCUT2D eigenvalue weighted by Gasteiger charge is -2.42. The molecule has 1 unspecified atom stereocenters. The van der Waals surface area contributed by atoms with Crippen LogP contribution >= 0.6 is 0 Å². The van der Waals surface area contributed by atoms with Gasteiger partial charge in [0.2, 0.25) is 0 Å². The van der Waals surface area contributed by atoms with E-state index in [1.165, 1.54) is 24.3 Å². The molecule has 3 nitrogen and oxygen atoms in total. The molecule has 0 aliphatic carbocycles. The van der Waals surface area contributed by atoms with Crippen molar-refractivity contribution in [3.05, 3.63) is 82.9 Å². The first-order chi connectivity index (χ1) is 17.2. The van der Waals surface area contributed by atoms with Gasteiger partial charge in [0.25, 0.3) is 0 Å². The summed E-state index contributed by atoms with van der Waals surface area (Å²) in [4.78, 5) is 13.4. The zero-order chi connectivity index (χ0) is 27.4. The van der Waals surface area contributed by atoms with Gasteiger partial charge >= 0.3 is 18.3 Å². The lowest BCUT2D eigenvalue weighted by atomic mass is 9.84. The van der Waals surface area contributed by atoms with Crippen LogP contribution in [0.1, 0.15) is 54.5 Å². The van der Waals surface area contributed by atoms with Crippen LogP contribution in [-0.4, -0.2) is 28.6 Å². The number of piperidine rings is 1. The highest BCUT2D eigenvalue weighted by atomic mass is 19.4. The van der Waals surface area contributed by atoms with Crippen LogP contribution in [0.3, 0.4) is 0 Å². The highest BCUT2D eigenvalue weighted by molar-refractivity contribution is 5.67. The lowest BCUT2D eigenvalue weighted by molar-refractivity contribution is -0.139. The summed E-state index contributed by atoms with van der Waals surface area (Å²) in [6, 6.07) is 8.64. The van der Waals surface area contributed by atoms with Crippen molar-refractivity contribution >= 4 is 5.97 Å². The van der Waals surface area contributed by atoms with Crippen LogP contribution in [-0.2, 0) is 23.6 Å². The molecule has 1 saturated heterocycles. The Hall–Kier alpha value is -3.25. The van der Waals surface area contributed by atoms with Crippen molar-refractivity contribution in [2.45, 2.75) is 57.0 Å². The van der Waals surface area contributed by atoms with Gasteiger partial charge in [-0.2, -0.15) is 26.3 Å². The fraction of sp³-hybridized carbons (Fsp3) is 0.393. The molecular weight excluding hydrogens is 496 g/mol. The van der Waals surface area contributed by atoms with Gasteiger partial charge in [-0.05, 0) is 73.1 Å². The largest absolute Gasteiger partial charge is 0.481 e. The van der Waals surface area contributed by atoms with E-state index in [0.717, 1.165) is 24.3 Å². The first-order valence-electron chi connectivity index (χ1n) is 11.7. The average Bonchev–Trinajstić information content (AvgIpc) is 2.79. The second-order valence-electron chi connectivity index (χ2n) is 9.35. The molecule has 1 aliphatic heterocycles. The van der Waals surface area contributed by atoms with Crippen LogP contribution in [0.4, 0.5) is 26.3 Å². The third-order valence-electron chi connectivity index (χ3n) is 6.39. The molecule has 9 heteroatoms. The highest BCUT2D eigenvalue weighted by Gasteiger charge is 2.36.